The first-order valence-corrected chi connectivity index (χ1v) is 6.94. The van der Waals surface area contributed by atoms with Gasteiger partial charge in [0.1, 0.15) is 6.04 Å². The van der Waals surface area contributed by atoms with Gasteiger partial charge in [-0.2, -0.15) is 0 Å². The van der Waals surface area contributed by atoms with E-state index in [1.54, 1.807) is 6.92 Å². The van der Waals surface area contributed by atoms with E-state index in [4.69, 9.17) is 4.42 Å². The van der Waals surface area contributed by atoms with Crippen LogP contribution in [0.25, 0.3) is 0 Å². The van der Waals surface area contributed by atoms with Crippen LogP contribution in [-0.4, -0.2) is 16.1 Å². The lowest BCUT2D eigenvalue weighted by molar-refractivity contribution is -0.121. The van der Waals surface area contributed by atoms with Crippen LogP contribution in [0.2, 0.25) is 0 Å². The first kappa shape index (κ1) is 16.1. The van der Waals surface area contributed by atoms with E-state index in [9.17, 15) is 13.6 Å². The number of rotatable bonds is 5. The van der Waals surface area contributed by atoms with Gasteiger partial charge in [0, 0.05) is 11.5 Å². The second-order valence-electron chi connectivity index (χ2n) is 5.31. The summed E-state index contributed by atoms with van der Waals surface area (Å²) in [6.07, 6.45) is -0.265. The van der Waals surface area contributed by atoms with E-state index >= 15 is 0 Å². The summed E-state index contributed by atoms with van der Waals surface area (Å²) in [5.41, 5.74) is -0.00176. The lowest BCUT2D eigenvalue weighted by atomic mass is 10.1. The summed E-state index contributed by atoms with van der Waals surface area (Å²) in [4.78, 5) is 11.9. The van der Waals surface area contributed by atoms with E-state index in [2.05, 4.69) is 15.5 Å². The number of amides is 1. The van der Waals surface area contributed by atoms with E-state index in [-0.39, 0.29) is 23.8 Å². The van der Waals surface area contributed by atoms with E-state index < -0.39 is 23.6 Å². The summed E-state index contributed by atoms with van der Waals surface area (Å²) < 4.78 is 32.0. The Hall–Kier alpha value is -2.31. The van der Waals surface area contributed by atoms with Crippen LogP contribution in [-0.2, 0) is 11.2 Å². The summed E-state index contributed by atoms with van der Waals surface area (Å²) in [5.74, 6) is -1.60. The average molecular weight is 309 g/mol. The van der Waals surface area contributed by atoms with Crippen LogP contribution in [0.1, 0.15) is 50.1 Å². The third kappa shape index (κ3) is 3.66. The molecule has 0 aliphatic rings. The minimum atomic E-state index is -1.01. The molecule has 1 atom stereocenters. The van der Waals surface area contributed by atoms with Gasteiger partial charge in [0.25, 0.3) is 0 Å². The number of hydrogen-bond acceptors (Lipinski definition) is 4. The molecule has 1 aromatic carbocycles. The molecule has 0 saturated heterocycles. The number of carbonyl (C=O) groups excluding carboxylic acids is 1. The van der Waals surface area contributed by atoms with Crippen molar-refractivity contribution >= 4 is 5.91 Å². The molecule has 1 N–H and O–H groups in total. The van der Waals surface area contributed by atoms with E-state index in [1.807, 2.05) is 13.8 Å². The average Bonchev–Trinajstić information content (AvgIpc) is 2.94. The Morgan fingerprint density at radius 3 is 2.55 bits per heavy atom. The van der Waals surface area contributed by atoms with Gasteiger partial charge in [-0.05, 0) is 13.0 Å². The van der Waals surface area contributed by atoms with Gasteiger partial charge in [-0.3, -0.25) is 4.79 Å². The van der Waals surface area contributed by atoms with E-state index in [0.717, 1.165) is 6.07 Å². The molecular weight excluding hydrogens is 292 g/mol. The van der Waals surface area contributed by atoms with Gasteiger partial charge in [0.05, 0.1) is 6.42 Å². The molecule has 22 heavy (non-hydrogen) atoms. The second-order valence-corrected chi connectivity index (χ2v) is 5.31. The molecule has 7 heteroatoms. The fourth-order valence-corrected chi connectivity index (χ4v) is 1.87. The van der Waals surface area contributed by atoms with Crippen LogP contribution < -0.4 is 5.32 Å². The molecule has 118 valence electrons. The number of benzene rings is 1. The van der Waals surface area contributed by atoms with Crippen LogP contribution >= 0.6 is 0 Å². The first-order chi connectivity index (χ1) is 10.4. The highest BCUT2D eigenvalue weighted by molar-refractivity contribution is 5.78. The quantitative estimate of drug-likeness (QED) is 0.922. The summed E-state index contributed by atoms with van der Waals surface area (Å²) in [6.45, 7) is 5.50. The number of halogens is 2. The molecule has 0 aliphatic carbocycles. The minimum Gasteiger partial charge on any atom is -0.423 e. The van der Waals surface area contributed by atoms with Crippen LogP contribution in [0, 0.1) is 11.6 Å². The molecule has 0 aliphatic heterocycles. The Morgan fingerprint density at radius 2 is 1.91 bits per heavy atom. The van der Waals surface area contributed by atoms with Crippen molar-refractivity contribution in [1.29, 1.82) is 0 Å². The van der Waals surface area contributed by atoms with Crippen LogP contribution in [0.4, 0.5) is 8.78 Å². The summed E-state index contributed by atoms with van der Waals surface area (Å²) >= 11 is 0. The van der Waals surface area contributed by atoms with Crippen molar-refractivity contribution in [2.24, 2.45) is 0 Å². The second kappa shape index (κ2) is 6.64. The molecular formula is C15H17F2N3O2. The Bertz CT molecular complexity index is 671. The highest BCUT2D eigenvalue weighted by Crippen LogP contribution is 2.17. The Labute approximate surface area is 126 Å². The number of carbonyl (C=O) groups is 1. The maximum absolute atomic E-state index is 13.5. The molecule has 0 radical (unpaired) electrons. The van der Waals surface area contributed by atoms with Gasteiger partial charge in [0.15, 0.2) is 11.6 Å². The van der Waals surface area contributed by atoms with Crippen molar-refractivity contribution in [2.75, 3.05) is 0 Å². The summed E-state index contributed by atoms with van der Waals surface area (Å²) in [6, 6.07) is 3.22. The van der Waals surface area contributed by atoms with Crippen molar-refractivity contribution in [2.45, 2.75) is 39.2 Å². The molecule has 2 rings (SSSR count). The Kier molecular flexibility index (Phi) is 4.85. The van der Waals surface area contributed by atoms with E-state index in [0.29, 0.717) is 5.89 Å². The SMILES string of the molecule is CC(C)c1nnc([C@H](C)NC(=O)Cc2cccc(F)c2F)o1. The smallest absolute Gasteiger partial charge is 0.238 e. The van der Waals surface area contributed by atoms with Crippen molar-refractivity contribution < 1.29 is 18.0 Å². The first-order valence-electron chi connectivity index (χ1n) is 6.94. The molecule has 2 aromatic rings. The predicted octanol–water partition coefficient (Wildman–Crippen LogP) is 2.89. The maximum Gasteiger partial charge on any atom is 0.238 e. The Balaban J connectivity index is 2.00. The highest BCUT2D eigenvalue weighted by atomic mass is 19.2. The normalized spacial score (nSPS) is 12.5. The molecule has 0 unspecified atom stereocenters. The standard InChI is InChI=1S/C15H17F2N3O2/c1-8(2)14-19-20-15(22-14)9(3)18-12(21)7-10-5-4-6-11(16)13(10)17/h4-6,8-9H,7H2,1-3H3,(H,18,21)/t9-/m0/s1. The van der Waals surface area contributed by atoms with Crippen molar-refractivity contribution in [3.63, 3.8) is 0 Å². The van der Waals surface area contributed by atoms with E-state index in [1.165, 1.54) is 12.1 Å². The van der Waals surface area contributed by atoms with Crippen molar-refractivity contribution in [3.05, 3.63) is 47.2 Å². The molecule has 1 amide bonds. The molecule has 0 fully saturated rings. The zero-order valence-electron chi connectivity index (χ0n) is 12.6. The summed E-state index contributed by atoms with van der Waals surface area (Å²) in [5, 5.41) is 10.4. The monoisotopic (exact) mass is 309 g/mol. The van der Waals surface area contributed by atoms with Gasteiger partial charge >= 0.3 is 0 Å². The number of nitrogens with one attached hydrogen (secondary N) is 1. The Morgan fingerprint density at radius 1 is 1.23 bits per heavy atom. The molecule has 1 aromatic heterocycles. The predicted molar refractivity (Wildman–Crippen MR) is 75.0 cm³/mol. The molecule has 1 heterocycles. The zero-order valence-corrected chi connectivity index (χ0v) is 12.6. The number of aromatic nitrogens is 2. The van der Waals surface area contributed by atoms with Crippen LogP contribution in [0.5, 0.6) is 0 Å². The molecule has 0 spiro atoms. The molecule has 5 nitrogen and oxygen atoms in total. The highest BCUT2D eigenvalue weighted by Gasteiger charge is 2.19. The zero-order chi connectivity index (χ0) is 16.3. The third-order valence-corrected chi connectivity index (χ3v) is 3.08. The van der Waals surface area contributed by atoms with Gasteiger partial charge in [-0.25, -0.2) is 8.78 Å². The molecule has 0 saturated carbocycles. The van der Waals surface area contributed by atoms with Gasteiger partial charge in [-0.1, -0.05) is 26.0 Å². The van der Waals surface area contributed by atoms with Gasteiger partial charge < -0.3 is 9.73 Å². The maximum atomic E-state index is 13.5. The van der Waals surface area contributed by atoms with Crippen molar-refractivity contribution in [3.8, 4) is 0 Å². The number of hydrogen-bond donors (Lipinski definition) is 1. The van der Waals surface area contributed by atoms with Gasteiger partial charge in [0.2, 0.25) is 17.7 Å². The minimum absolute atomic E-state index is 0.00176. The fraction of sp³-hybridized carbons (Fsp3) is 0.400. The third-order valence-electron chi connectivity index (χ3n) is 3.08. The van der Waals surface area contributed by atoms with Crippen LogP contribution in [0.3, 0.4) is 0 Å². The lowest BCUT2D eigenvalue weighted by Gasteiger charge is -2.10. The van der Waals surface area contributed by atoms with Crippen molar-refractivity contribution in [1.82, 2.24) is 15.5 Å². The van der Waals surface area contributed by atoms with Crippen LogP contribution in [0.15, 0.2) is 22.6 Å². The number of nitrogens with zero attached hydrogens (tertiary/aromatic N) is 2. The lowest BCUT2D eigenvalue weighted by Crippen LogP contribution is -2.28. The summed E-state index contributed by atoms with van der Waals surface area (Å²) in [7, 11) is 0. The topological polar surface area (TPSA) is 68.0 Å². The van der Waals surface area contributed by atoms with Gasteiger partial charge in [-0.15, -0.1) is 10.2 Å². The fourth-order valence-electron chi connectivity index (χ4n) is 1.87. The largest absolute Gasteiger partial charge is 0.423 e. The molecule has 0 bridgehead atoms.